The van der Waals surface area contributed by atoms with Crippen molar-refractivity contribution in [2.75, 3.05) is 19.7 Å². The molecule has 1 N–H and O–H groups in total. The molecule has 2 nitrogen and oxygen atoms in total. The topological polar surface area (TPSA) is 21.3 Å². The summed E-state index contributed by atoms with van der Waals surface area (Å²) in [4.78, 5) is 0. The molecule has 1 aliphatic rings. The summed E-state index contributed by atoms with van der Waals surface area (Å²) in [6, 6.07) is 0. The molecule has 0 unspecified atom stereocenters. The van der Waals surface area contributed by atoms with Crippen molar-refractivity contribution in [3.63, 3.8) is 0 Å². The average molecular weight is 209 g/mol. The fourth-order valence-corrected chi connectivity index (χ4v) is 2.00. The number of rotatable bonds is 5. The summed E-state index contributed by atoms with van der Waals surface area (Å²) in [6.45, 7) is 6.98. The van der Waals surface area contributed by atoms with Crippen molar-refractivity contribution < 1.29 is 4.74 Å². The molecule has 1 saturated carbocycles. The van der Waals surface area contributed by atoms with Crippen molar-refractivity contribution in [3.05, 3.63) is 0 Å². The lowest BCUT2D eigenvalue weighted by molar-refractivity contribution is 0.00629. The molecule has 0 aliphatic heterocycles. The quantitative estimate of drug-likeness (QED) is 0.553. The van der Waals surface area contributed by atoms with Gasteiger partial charge in [0, 0.05) is 6.54 Å². The number of hydrogen-bond acceptors (Lipinski definition) is 2. The molecule has 0 bridgehead atoms. The summed E-state index contributed by atoms with van der Waals surface area (Å²) < 4.78 is 5.79. The highest BCUT2D eigenvalue weighted by atomic mass is 16.5. The molecular weight excluding hydrogens is 186 g/mol. The average Bonchev–Trinajstić information content (AvgIpc) is 2.20. The zero-order chi connectivity index (χ0) is 11.1. The van der Waals surface area contributed by atoms with Crippen LogP contribution in [0.3, 0.4) is 0 Å². The zero-order valence-corrected chi connectivity index (χ0v) is 10.0. The SMILES string of the molecule is C#CCNCCOC1CCC(C)(C)CC1. The highest BCUT2D eigenvalue weighted by molar-refractivity contribution is 4.86. The van der Waals surface area contributed by atoms with Crippen molar-refractivity contribution in [2.45, 2.75) is 45.6 Å². The number of hydrogen-bond donors (Lipinski definition) is 1. The van der Waals surface area contributed by atoms with Crippen LogP contribution in [0.2, 0.25) is 0 Å². The minimum Gasteiger partial charge on any atom is -0.377 e. The van der Waals surface area contributed by atoms with Crippen LogP contribution in [0, 0.1) is 17.8 Å². The second-order valence-electron chi connectivity index (χ2n) is 5.12. The predicted molar refractivity (Wildman–Crippen MR) is 63.7 cm³/mol. The fourth-order valence-electron chi connectivity index (χ4n) is 2.00. The van der Waals surface area contributed by atoms with E-state index in [-0.39, 0.29) is 0 Å². The molecule has 1 aliphatic carbocycles. The van der Waals surface area contributed by atoms with Gasteiger partial charge in [-0.25, -0.2) is 0 Å². The minimum atomic E-state index is 0.477. The highest BCUT2D eigenvalue weighted by Gasteiger charge is 2.26. The van der Waals surface area contributed by atoms with E-state index >= 15 is 0 Å². The third-order valence-electron chi connectivity index (χ3n) is 3.15. The second kappa shape index (κ2) is 6.15. The number of nitrogens with one attached hydrogen (secondary N) is 1. The van der Waals surface area contributed by atoms with E-state index in [9.17, 15) is 0 Å². The fraction of sp³-hybridized carbons (Fsp3) is 0.846. The first-order valence-corrected chi connectivity index (χ1v) is 5.90. The molecule has 0 radical (unpaired) electrons. The molecule has 2 heteroatoms. The van der Waals surface area contributed by atoms with Gasteiger partial charge in [0.25, 0.3) is 0 Å². The van der Waals surface area contributed by atoms with Crippen LogP contribution in [0.25, 0.3) is 0 Å². The monoisotopic (exact) mass is 209 g/mol. The largest absolute Gasteiger partial charge is 0.377 e. The maximum Gasteiger partial charge on any atom is 0.0595 e. The number of ether oxygens (including phenoxy) is 1. The summed E-state index contributed by atoms with van der Waals surface area (Å²) in [5.41, 5.74) is 0.529. The lowest BCUT2D eigenvalue weighted by atomic mass is 9.76. The molecule has 86 valence electrons. The first kappa shape index (κ1) is 12.5. The second-order valence-corrected chi connectivity index (χ2v) is 5.12. The lowest BCUT2D eigenvalue weighted by Gasteiger charge is -2.34. The highest BCUT2D eigenvalue weighted by Crippen LogP contribution is 2.35. The van der Waals surface area contributed by atoms with Crippen LogP contribution in [0.5, 0.6) is 0 Å². The van der Waals surface area contributed by atoms with Crippen LogP contribution in [0.15, 0.2) is 0 Å². The molecule has 0 aromatic carbocycles. The summed E-state index contributed by atoms with van der Waals surface area (Å²) in [7, 11) is 0. The summed E-state index contributed by atoms with van der Waals surface area (Å²) in [5, 5.41) is 3.13. The van der Waals surface area contributed by atoms with E-state index in [1.807, 2.05) is 0 Å². The van der Waals surface area contributed by atoms with Gasteiger partial charge >= 0.3 is 0 Å². The molecule has 0 heterocycles. The van der Waals surface area contributed by atoms with Gasteiger partial charge in [0.05, 0.1) is 19.3 Å². The van der Waals surface area contributed by atoms with Crippen LogP contribution >= 0.6 is 0 Å². The van der Waals surface area contributed by atoms with Gasteiger partial charge in [-0.05, 0) is 31.1 Å². The first-order chi connectivity index (χ1) is 7.14. The molecular formula is C13H23NO. The molecule has 0 saturated heterocycles. The Morgan fingerprint density at radius 2 is 2.07 bits per heavy atom. The summed E-state index contributed by atoms with van der Waals surface area (Å²) >= 11 is 0. The Bertz CT molecular complexity index is 207. The van der Waals surface area contributed by atoms with Gasteiger partial charge in [-0.15, -0.1) is 6.42 Å². The standard InChI is InChI=1S/C13H23NO/c1-4-9-14-10-11-15-12-5-7-13(2,3)8-6-12/h1,12,14H,5-11H2,2-3H3. The van der Waals surface area contributed by atoms with Crippen molar-refractivity contribution in [2.24, 2.45) is 5.41 Å². The van der Waals surface area contributed by atoms with Crippen molar-refractivity contribution in [1.29, 1.82) is 0 Å². The molecule has 15 heavy (non-hydrogen) atoms. The van der Waals surface area contributed by atoms with Gasteiger partial charge in [-0.2, -0.15) is 0 Å². The molecule has 0 aromatic heterocycles. The smallest absolute Gasteiger partial charge is 0.0595 e. The van der Waals surface area contributed by atoms with Gasteiger partial charge in [0.2, 0.25) is 0 Å². The van der Waals surface area contributed by atoms with Gasteiger partial charge in [0.1, 0.15) is 0 Å². The number of terminal acetylenes is 1. The Morgan fingerprint density at radius 1 is 1.40 bits per heavy atom. The van der Waals surface area contributed by atoms with Crippen LogP contribution in [0.4, 0.5) is 0 Å². The normalized spacial score (nSPS) is 21.1. The van der Waals surface area contributed by atoms with Crippen LogP contribution < -0.4 is 5.32 Å². The minimum absolute atomic E-state index is 0.477. The van der Waals surface area contributed by atoms with E-state index < -0.39 is 0 Å². The van der Waals surface area contributed by atoms with E-state index in [1.54, 1.807) is 0 Å². The Balaban J connectivity index is 2.02. The summed E-state index contributed by atoms with van der Waals surface area (Å²) in [5.74, 6) is 2.55. The third-order valence-corrected chi connectivity index (χ3v) is 3.15. The molecule has 0 amide bonds. The van der Waals surface area contributed by atoms with Crippen molar-refractivity contribution in [3.8, 4) is 12.3 Å². The van der Waals surface area contributed by atoms with Gasteiger partial charge in [-0.3, -0.25) is 0 Å². The van der Waals surface area contributed by atoms with Gasteiger partial charge in [0.15, 0.2) is 0 Å². The Labute approximate surface area is 93.8 Å². The van der Waals surface area contributed by atoms with E-state index in [0.717, 1.165) is 13.2 Å². The maximum atomic E-state index is 5.79. The van der Waals surface area contributed by atoms with E-state index in [4.69, 9.17) is 11.2 Å². The molecule has 0 spiro atoms. The zero-order valence-electron chi connectivity index (χ0n) is 10.0. The molecule has 1 fully saturated rings. The lowest BCUT2D eigenvalue weighted by Crippen LogP contribution is -2.29. The first-order valence-electron chi connectivity index (χ1n) is 5.90. The summed E-state index contributed by atoms with van der Waals surface area (Å²) in [6.07, 6.45) is 10.6. The van der Waals surface area contributed by atoms with Gasteiger partial charge < -0.3 is 10.1 Å². The third kappa shape index (κ3) is 5.20. The van der Waals surface area contributed by atoms with Crippen molar-refractivity contribution >= 4 is 0 Å². The molecule has 1 rings (SSSR count). The van der Waals surface area contributed by atoms with Crippen LogP contribution in [-0.2, 0) is 4.74 Å². The Morgan fingerprint density at radius 3 is 2.67 bits per heavy atom. The Hall–Kier alpha value is -0.520. The maximum absolute atomic E-state index is 5.79. The van der Waals surface area contributed by atoms with Crippen LogP contribution in [-0.4, -0.2) is 25.8 Å². The Kier molecular flexibility index (Phi) is 5.14. The van der Waals surface area contributed by atoms with E-state index in [1.165, 1.54) is 25.7 Å². The van der Waals surface area contributed by atoms with Gasteiger partial charge in [-0.1, -0.05) is 19.8 Å². The van der Waals surface area contributed by atoms with Crippen molar-refractivity contribution in [1.82, 2.24) is 5.32 Å². The van der Waals surface area contributed by atoms with E-state index in [0.29, 0.717) is 18.1 Å². The van der Waals surface area contributed by atoms with E-state index in [2.05, 4.69) is 25.1 Å². The molecule has 0 atom stereocenters. The molecule has 0 aromatic rings. The van der Waals surface area contributed by atoms with Crippen LogP contribution in [0.1, 0.15) is 39.5 Å². The predicted octanol–water partition coefficient (Wildman–Crippen LogP) is 2.19.